The van der Waals surface area contributed by atoms with Crippen LogP contribution in [0.4, 0.5) is 4.79 Å². The van der Waals surface area contributed by atoms with Crippen LogP contribution >= 0.6 is 11.6 Å². The summed E-state index contributed by atoms with van der Waals surface area (Å²) in [6.45, 7) is 6.60. The van der Waals surface area contributed by atoms with Crippen LogP contribution in [0, 0.1) is 0 Å². The quantitative estimate of drug-likeness (QED) is 0.850. The first kappa shape index (κ1) is 19.5. The lowest BCUT2D eigenvalue weighted by Crippen LogP contribution is -2.48. The van der Waals surface area contributed by atoms with Gasteiger partial charge in [-0.2, -0.15) is 0 Å². The highest BCUT2D eigenvalue weighted by Gasteiger charge is 2.32. The second-order valence-corrected chi connectivity index (χ2v) is 7.69. The number of piperidine rings is 1. The van der Waals surface area contributed by atoms with Gasteiger partial charge in [0.15, 0.2) is 0 Å². The van der Waals surface area contributed by atoms with E-state index in [9.17, 15) is 14.7 Å². The molecule has 1 aromatic rings. The summed E-state index contributed by atoms with van der Waals surface area (Å²) in [5.74, 6) is -0.902. The molecule has 2 N–H and O–H groups in total. The largest absolute Gasteiger partial charge is 0.480 e. The van der Waals surface area contributed by atoms with Gasteiger partial charge >= 0.3 is 12.1 Å². The van der Waals surface area contributed by atoms with E-state index in [-0.39, 0.29) is 6.04 Å². The molecule has 1 aliphatic rings. The molecule has 1 atom stereocenters. The van der Waals surface area contributed by atoms with Crippen LogP contribution in [0.15, 0.2) is 24.3 Å². The van der Waals surface area contributed by atoms with Crippen molar-refractivity contribution in [2.24, 2.45) is 0 Å². The SMILES string of the molecule is CC(C)(C)OC(=O)NC1CCN(C(C(=O)O)c2cccc(Cl)c2)CC1. The van der Waals surface area contributed by atoms with Crippen molar-refractivity contribution in [3.05, 3.63) is 34.9 Å². The fourth-order valence-corrected chi connectivity index (χ4v) is 3.16. The molecule has 1 amide bonds. The zero-order chi connectivity index (χ0) is 18.6. The summed E-state index contributed by atoms with van der Waals surface area (Å²) in [6, 6.07) is 6.19. The number of carboxylic acids is 1. The van der Waals surface area contributed by atoms with Gasteiger partial charge in [-0.1, -0.05) is 23.7 Å². The smallest absolute Gasteiger partial charge is 0.407 e. The lowest BCUT2D eigenvalue weighted by Gasteiger charge is -2.36. The number of amides is 1. The van der Waals surface area contributed by atoms with Crippen molar-refractivity contribution >= 4 is 23.7 Å². The average molecular weight is 369 g/mol. The summed E-state index contributed by atoms with van der Waals surface area (Å²) in [5, 5.41) is 13.0. The molecule has 0 bridgehead atoms. The molecule has 1 aromatic carbocycles. The third-order valence-corrected chi connectivity index (χ3v) is 4.25. The Kier molecular flexibility index (Phi) is 6.30. The van der Waals surface area contributed by atoms with Crippen LogP contribution in [0.1, 0.15) is 45.2 Å². The Hall–Kier alpha value is -1.79. The van der Waals surface area contributed by atoms with Gasteiger partial charge < -0.3 is 15.2 Å². The van der Waals surface area contributed by atoms with Gasteiger partial charge in [0.05, 0.1) is 0 Å². The second-order valence-electron chi connectivity index (χ2n) is 7.25. The molecule has 7 heteroatoms. The third-order valence-electron chi connectivity index (χ3n) is 4.01. The maximum Gasteiger partial charge on any atom is 0.407 e. The molecule has 0 aromatic heterocycles. The molecule has 0 radical (unpaired) electrons. The van der Waals surface area contributed by atoms with Gasteiger partial charge in [-0.25, -0.2) is 4.79 Å². The molecule has 25 heavy (non-hydrogen) atoms. The van der Waals surface area contributed by atoms with Crippen LogP contribution in [0.2, 0.25) is 5.02 Å². The number of nitrogens with one attached hydrogen (secondary N) is 1. The van der Waals surface area contributed by atoms with Crippen molar-refractivity contribution < 1.29 is 19.4 Å². The van der Waals surface area contributed by atoms with Crippen LogP contribution in [0.25, 0.3) is 0 Å². The van der Waals surface area contributed by atoms with E-state index in [0.29, 0.717) is 36.5 Å². The number of carboxylic acid groups (broad SMARTS) is 1. The van der Waals surface area contributed by atoms with E-state index in [0.717, 1.165) is 0 Å². The van der Waals surface area contributed by atoms with E-state index in [1.807, 2.05) is 25.7 Å². The summed E-state index contributed by atoms with van der Waals surface area (Å²) in [6.07, 6.45) is 0.906. The van der Waals surface area contributed by atoms with Gasteiger partial charge in [0.2, 0.25) is 0 Å². The Morgan fingerprint density at radius 2 is 1.96 bits per heavy atom. The zero-order valence-electron chi connectivity index (χ0n) is 14.8. The van der Waals surface area contributed by atoms with Gasteiger partial charge in [-0.05, 0) is 51.3 Å². The lowest BCUT2D eigenvalue weighted by molar-refractivity contribution is -0.144. The predicted molar refractivity (Wildman–Crippen MR) is 95.8 cm³/mol. The first-order valence-corrected chi connectivity index (χ1v) is 8.75. The summed E-state index contributed by atoms with van der Waals surface area (Å²) < 4.78 is 5.26. The maximum atomic E-state index is 11.9. The van der Waals surface area contributed by atoms with E-state index >= 15 is 0 Å². The van der Waals surface area contributed by atoms with Gasteiger partial charge in [0.25, 0.3) is 0 Å². The standard InChI is InChI=1S/C18H25ClN2O4/c1-18(2,3)25-17(24)20-14-7-9-21(10-8-14)15(16(22)23)12-5-4-6-13(19)11-12/h4-6,11,14-15H,7-10H2,1-3H3,(H,20,24)(H,22,23). The highest BCUT2D eigenvalue weighted by Crippen LogP contribution is 2.27. The monoisotopic (exact) mass is 368 g/mol. The molecule has 1 aliphatic heterocycles. The fraction of sp³-hybridized carbons (Fsp3) is 0.556. The normalized spacial score (nSPS) is 17.8. The summed E-state index contributed by atoms with van der Waals surface area (Å²) in [7, 11) is 0. The second kappa shape index (κ2) is 8.06. The van der Waals surface area contributed by atoms with Crippen LogP contribution < -0.4 is 5.32 Å². The predicted octanol–water partition coefficient (Wildman–Crippen LogP) is 3.45. The van der Waals surface area contributed by atoms with E-state index in [4.69, 9.17) is 16.3 Å². The minimum absolute atomic E-state index is 0.0140. The molecule has 2 rings (SSSR count). The number of ether oxygens (including phenoxy) is 1. The maximum absolute atomic E-state index is 11.9. The highest BCUT2D eigenvalue weighted by atomic mass is 35.5. The van der Waals surface area contributed by atoms with E-state index in [2.05, 4.69) is 5.32 Å². The van der Waals surface area contributed by atoms with Gasteiger partial charge in [0.1, 0.15) is 11.6 Å². The van der Waals surface area contributed by atoms with Crippen LogP contribution in [0.3, 0.4) is 0 Å². The Labute approximate surface area is 153 Å². The molecule has 0 aliphatic carbocycles. The molecular weight excluding hydrogens is 344 g/mol. The molecular formula is C18H25ClN2O4. The van der Waals surface area contributed by atoms with Gasteiger partial charge in [-0.3, -0.25) is 9.69 Å². The number of benzene rings is 1. The Balaban J connectivity index is 1.95. The molecule has 138 valence electrons. The number of aliphatic carboxylic acids is 1. The van der Waals surface area contributed by atoms with Crippen LogP contribution in [-0.2, 0) is 9.53 Å². The Morgan fingerprint density at radius 3 is 2.48 bits per heavy atom. The first-order valence-electron chi connectivity index (χ1n) is 8.37. The number of rotatable bonds is 4. The highest BCUT2D eigenvalue weighted by molar-refractivity contribution is 6.30. The number of carbonyl (C=O) groups excluding carboxylic acids is 1. The number of hydrogen-bond acceptors (Lipinski definition) is 4. The van der Waals surface area contributed by atoms with E-state index in [1.165, 1.54) is 0 Å². The van der Waals surface area contributed by atoms with Crippen molar-refractivity contribution in [3.63, 3.8) is 0 Å². The Morgan fingerprint density at radius 1 is 1.32 bits per heavy atom. The lowest BCUT2D eigenvalue weighted by atomic mass is 9.99. The van der Waals surface area contributed by atoms with Gasteiger partial charge in [0, 0.05) is 24.2 Å². The number of hydrogen-bond donors (Lipinski definition) is 2. The number of carbonyl (C=O) groups is 2. The number of alkyl carbamates (subject to hydrolysis) is 1. The molecule has 1 fully saturated rings. The minimum Gasteiger partial charge on any atom is -0.480 e. The summed E-state index contributed by atoms with van der Waals surface area (Å²) in [4.78, 5) is 25.5. The van der Waals surface area contributed by atoms with Crippen LogP contribution in [0.5, 0.6) is 0 Å². The summed E-state index contributed by atoms with van der Waals surface area (Å²) in [5.41, 5.74) is 0.129. The molecule has 1 heterocycles. The number of likely N-dealkylation sites (tertiary alicyclic amines) is 1. The third kappa shape index (κ3) is 5.90. The number of nitrogens with zero attached hydrogens (tertiary/aromatic N) is 1. The van der Waals surface area contributed by atoms with E-state index < -0.39 is 23.7 Å². The molecule has 6 nitrogen and oxygen atoms in total. The molecule has 1 saturated heterocycles. The topological polar surface area (TPSA) is 78.9 Å². The van der Waals surface area contributed by atoms with Crippen molar-refractivity contribution in [1.29, 1.82) is 0 Å². The van der Waals surface area contributed by atoms with E-state index in [1.54, 1.807) is 24.3 Å². The van der Waals surface area contributed by atoms with Crippen molar-refractivity contribution in [2.45, 2.75) is 51.3 Å². The van der Waals surface area contributed by atoms with Crippen molar-refractivity contribution in [2.75, 3.05) is 13.1 Å². The fourth-order valence-electron chi connectivity index (χ4n) is 2.96. The molecule has 1 unspecified atom stereocenters. The Bertz CT molecular complexity index is 622. The average Bonchev–Trinajstić information content (AvgIpc) is 2.47. The van der Waals surface area contributed by atoms with Crippen LogP contribution in [-0.4, -0.2) is 46.8 Å². The molecule has 0 spiro atoms. The molecule has 0 saturated carbocycles. The van der Waals surface area contributed by atoms with Crippen molar-refractivity contribution in [1.82, 2.24) is 10.2 Å². The first-order chi connectivity index (χ1) is 11.7. The number of halogens is 1. The van der Waals surface area contributed by atoms with Crippen molar-refractivity contribution in [3.8, 4) is 0 Å². The van der Waals surface area contributed by atoms with Gasteiger partial charge in [-0.15, -0.1) is 0 Å². The zero-order valence-corrected chi connectivity index (χ0v) is 15.5. The minimum atomic E-state index is -0.902. The summed E-state index contributed by atoms with van der Waals surface area (Å²) >= 11 is 5.99.